The maximum atomic E-state index is 12.2. The minimum absolute atomic E-state index is 0.234. The number of allylic oxidation sites excluding steroid dienone is 1. The Labute approximate surface area is 158 Å². The molecule has 1 heterocycles. The van der Waals surface area contributed by atoms with Crippen molar-refractivity contribution >= 4 is 29.5 Å². The van der Waals surface area contributed by atoms with Crippen LogP contribution in [-0.4, -0.2) is 23.1 Å². The summed E-state index contributed by atoms with van der Waals surface area (Å²) < 4.78 is 0. The predicted octanol–water partition coefficient (Wildman–Crippen LogP) is 2.93. The van der Waals surface area contributed by atoms with E-state index >= 15 is 0 Å². The first-order chi connectivity index (χ1) is 13.2. The van der Waals surface area contributed by atoms with Gasteiger partial charge < -0.3 is 21.8 Å². The fraction of sp³-hybridized carbons (Fsp3) is 0.190. The van der Waals surface area contributed by atoms with Crippen LogP contribution in [0.4, 0.5) is 5.69 Å². The normalized spacial score (nSPS) is 14.3. The van der Waals surface area contributed by atoms with Crippen LogP contribution in [0.15, 0.2) is 55.0 Å². The maximum absolute atomic E-state index is 12.2. The van der Waals surface area contributed by atoms with Crippen molar-refractivity contribution in [1.82, 2.24) is 10.3 Å². The van der Waals surface area contributed by atoms with Gasteiger partial charge in [-0.25, -0.2) is 0 Å². The topological polar surface area (TPSA) is 104 Å². The summed E-state index contributed by atoms with van der Waals surface area (Å²) in [6.07, 6.45) is 11.4. The largest absolute Gasteiger partial charge is 0.404 e. The van der Waals surface area contributed by atoms with Crippen molar-refractivity contribution < 1.29 is 4.79 Å². The molecular weight excluding hydrogens is 338 g/mol. The number of rotatable bonds is 8. The lowest BCUT2D eigenvalue weighted by Gasteiger charge is -2.06. The molecule has 0 unspecified atom stereocenters. The Hall–Kier alpha value is -3.25. The number of aromatic nitrogens is 1. The summed E-state index contributed by atoms with van der Waals surface area (Å²) in [5.41, 5.74) is 9.52. The van der Waals surface area contributed by atoms with Crippen LogP contribution >= 0.6 is 0 Å². The van der Waals surface area contributed by atoms with Crippen LogP contribution in [0, 0.1) is 5.41 Å². The lowest BCUT2D eigenvalue weighted by molar-refractivity contribution is -0.111. The molecule has 1 aliphatic carbocycles. The van der Waals surface area contributed by atoms with E-state index in [1.54, 1.807) is 24.5 Å². The highest BCUT2D eigenvalue weighted by Gasteiger charge is 2.19. The molecule has 1 saturated carbocycles. The summed E-state index contributed by atoms with van der Waals surface area (Å²) in [4.78, 5) is 16.3. The molecular formula is C21H23N5O. The van der Waals surface area contributed by atoms with Gasteiger partial charge in [0, 0.05) is 60.3 Å². The Kier molecular flexibility index (Phi) is 6.12. The van der Waals surface area contributed by atoms with Crippen LogP contribution in [0.5, 0.6) is 0 Å². The van der Waals surface area contributed by atoms with Crippen LogP contribution in [0.1, 0.15) is 29.5 Å². The molecule has 5 N–H and O–H groups in total. The van der Waals surface area contributed by atoms with Crippen molar-refractivity contribution in [2.24, 2.45) is 5.73 Å². The van der Waals surface area contributed by atoms with Crippen LogP contribution in [0.3, 0.4) is 0 Å². The third kappa shape index (κ3) is 5.36. The Morgan fingerprint density at radius 2 is 2.04 bits per heavy atom. The highest BCUT2D eigenvalue weighted by molar-refractivity contribution is 6.10. The average molecular weight is 361 g/mol. The molecule has 0 spiro atoms. The van der Waals surface area contributed by atoms with Gasteiger partial charge in [0.1, 0.15) is 0 Å². The molecule has 0 saturated heterocycles. The van der Waals surface area contributed by atoms with Crippen LogP contribution in [0.2, 0.25) is 0 Å². The van der Waals surface area contributed by atoms with Gasteiger partial charge in [0.05, 0.1) is 0 Å². The molecule has 0 atom stereocenters. The molecule has 138 valence electrons. The second-order valence-electron chi connectivity index (χ2n) is 6.40. The number of nitrogens with zero attached hydrogens (tertiary/aromatic N) is 1. The Balaban J connectivity index is 1.61. The van der Waals surface area contributed by atoms with E-state index < -0.39 is 0 Å². The fourth-order valence-electron chi connectivity index (χ4n) is 2.62. The molecule has 0 bridgehead atoms. The number of anilines is 1. The van der Waals surface area contributed by atoms with E-state index in [9.17, 15) is 4.79 Å². The highest BCUT2D eigenvalue weighted by atomic mass is 16.1. The second kappa shape index (κ2) is 8.91. The third-order valence-electron chi connectivity index (χ3n) is 4.31. The molecule has 0 aliphatic heterocycles. The molecule has 2 aromatic rings. The van der Waals surface area contributed by atoms with Gasteiger partial charge in [-0.2, -0.15) is 0 Å². The van der Waals surface area contributed by atoms with Crippen LogP contribution in [0.25, 0.3) is 11.6 Å². The number of pyridine rings is 1. The number of nitrogens with two attached hydrogens (primary N) is 1. The Morgan fingerprint density at radius 1 is 1.26 bits per heavy atom. The lowest BCUT2D eigenvalue weighted by Crippen LogP contribution is -2.15. The third-order valence-corrected chi connectivity index (χ3v) is 4.31. The van der Waals surface area contributed by atoms with Crippen molar-refractivity contribution in [2.75, 3.05) is 5.32 Å². The van der Waals surface area contributed by atoms with E-state index in [2.05, 4.69) is 15.6 Å². The first-order valence-electron chi connectivity index (χ1n) is 8.87. The molecule has 1 aliphatic rings. The van der Waals surface area contributed by atoms with Crippen LogP contribution < -0.4 is 16.4 Å². The summed E-state index contributed by atoms with van der Waals surface area (Å²) in [6.45, 7) is 0.854. The molecule has 27 heavy (non-hydrogen) atoms. The van der Waals surface area contributed by atoms with Gasteiger partial charge in [-0.15, -0.1) is 0 Å². The summed E-state index contributed by atoms with van der Waals surface area (Å²) >= 11 is 0. The first-order valence-corrected chi connectivity index (χ1v) is 8.87. The van der Waals surface area contributed by atoms with E-state index in [-0.39, 0.29) is 5.91 Å². The van der Waals surface area contributed by atoms with Gasteiger partial charge in [-0.1, -0.05) is 12.1 Å². The minimum Gasteiger partial charge on any atom is -0.404 e. The van der Waals surface area contributed by atoms with E-state index in [1.165, 1.54) is 36.9 Å². The average Bonchev–Trinajstić information content (AvgIpc) is 3.52. The van der Waals surface area contributed by atoms with Crippen molar-refractivity contribution in [1.29, 1.82) is 5.41 Å². The molecule has 6 nitrogen and oxygen atoms in total. The van der Waals surface area contributed by atoms with Crippen LogP contribution in [-0.2, 0) is 11.3 Å². The molecule has 6 heteroatoms. The second-order valence-corrected chi connectivity index (χ2v) is 6.40. The van der Waals surface area contributed by atoms with Crippen molar-refractivity contribution in [3.05, 3.63) is 71.7 Å². The molecule has 1 aromatic carbocycles. The Bertz CT molecular complexity index is 866. The highest BCUT2D eigenvalue weighted by Crippen LogP contribution is 2.20. The zero-order valence-corrected chi connectivity index (χ0v) is 15.0. The minimum atomic E-state index is -0.234. The molecule has 1 aromatic heterocycles. The SMILES string of the molecule is N=CC(=CN)c1ccncc1/C=C/C(=O)Nc1ccc(CNC2CC2)cc1. The van der Waals surface area contributed by atoms with Gasteiger partial charge in [0.25, 0.3) is 0 Å². The van der Waals surface area contributed by atoms with E-state index in [0.717, 1.165) is 17.8 Å². The first kappa shape index (κ1) is 18.5. The molecule has 1 amide bonds. The van der Waals surface area contributed by atoms with Crippen molar-refractivity contribution in [3.63, 3.8) is 0 Å². The van der Waals surface area contributed by atoms with Gasteiger partial charge in [0.2, 0.25) is 5.91 Å². The number of amides is 1. The summed E-state index contributed by atoms with van der Waals surface area (Å²) in [7, 11) is 0. The molecule has 0 radical (unpaired) electrons. The summed E-state index contributed by atoms with van der Waals surface area (Å²) in [5, 5.41) is 13.7. The Morgan fingerprint density at radius 3 is 2.70 bits per heavy atom. The maximum Gasteiger partial charge on any atom is 0.248 e. The number of hydrogen-bond donors (Lipinski definition) is 4. The number of carbonyl (C=O) groups excluding carboxylic acids is 1. The fourth-order valence-corrected chi connectivity index (χ4v) is 2.62. The zero-order valence-electron chi connectivity index (χ0n) is 15.0. The molecule has 3 rings (SSSR count). The number of carbonyl (C=O) groups is 1. The summed E-state index contributed by atoms with van der Waals surface area (Å²) in [5.74, 6) is -0.234. The smallest absolute Gasteiger partial charge is 0.248 e. The van der Waals surface area contributed by atoms with Gasteiger partial charge >= 0.3 is 0 Å². The molecule has 1 fully saturated rings. The predicted molar refractivity (Wildman–Crippen MR) is 109 cm³/mol. The van der Waals surface area contributed by atoms with E-state index in [0.29, 0.717) is 17.2 Å². The van der Waals surface area contributed by atoms with Crippen molar-refractivity contribution in [3.8, 4) is 0 Å². The van der Waals surface area contributed by atoms with E-state index in [1.807, 2.05) is 24.3 Å². The monoisotopic (exact) mass is 361 g/mol. The van der Waals surface area contributed by atoms with Crippen molar-refractivity contribution in [2.45, 2.75) is 25.4 Å². The number of nitrogens with one attached hydrogen (secondary N) is 3. The van der Waals surface area contributed by atoms with Gasteiger partial charge in [-0.05, 0) is 48.2 Å². The quantitative estimate of drug-likeness (QED) is 0.429. The number of benzene rings is 1. The van der Waals surface area contributed by atoms with Gasteiger partial charge in [-0.3, -0.25) is 9.78 Å². The lowest BCUT2D eigenvalue weighted by atomic mass is 10.0. The zero-order chi connectivity index (χ0) is 19.1. The number of hydrogen-bond acceptors (Lipinski definition) is 5. The van der Waals surface area contributed by atoms with Gasteiger partial charge in [0.15, 0.2) is 0 Å². The van der Waals surface area contributed by atoms with E-state index in [4.69, 9.17) is 11.1 Å². The summed E-state index contributed by atoms with van der Waals surface area (Å²) in [6, 6.07) is 10.3. The standard InChI is InChI=1S/C21H23N5O/c22-11-17(12-23)20-9-10-24-14-16(20)3-8-21(27)26-19-4-1-15(2-5-19)13-25-18-6-7-18/h1-5,8-12,14,18,22,25H,6-7,13,23H2,(H,26,27)/b8-3+,17-12?,22-11?.